The highest BCUT2D eigenvalue weighted by Crippen LogP contribution is 2.24. The van der Waals surface area contributed by atoms with Crippen molar-refractivity contribution in [1.82, 2.24) is 0 Å². The van der Waals surface area contributed by atoms with Gasteiger partial charge in [0.1, 0.15) is 11.5 Å². The van der Waals surface area contributed by atoms with Gasteiger partial charge in [-0.2, -0.15) is 0 Å². The maximum atomic E-state index is 12.3. The first kappa shape index (κ1) is 17.5. The van der Waals surface area contributed by atoms with Crippen molar-refractivity contribution in [2.45, 2.75) is 26.9 Å². The molecule has 0 aliphatic carbocycles. The number of Topliss-reactive ketones (excluding diaryl/α,β-unsaturated/α-hetero) is 1. The average molecular weight is 327 g/mol. The first-order chi connectivity index (χ1) is 11.5. The molecule has 0 aromatic heterocycles. The van der Waals surface area contributed by atoms with Crippen LogP contribution in [0.25, 0.3) is 0 Å². The van der Waals surface area contributed by atoms with Crippen molar-refractivity contribution < 1.29 is 19.1 Å². The Kier molecular flexibility index (Phi) is 5.95. The summed E-state index contributed by atoms with van der Waals surface area (Å²) in [5.41, 5.74) is 1.21. The van der Waals surface area contributed by atoms with Crippen LogP contribution in [0.15, 0.2) is 48.5 Å². The van der Waals surface area contributed by atoms with Crippen LogP contribution in [-0.4, -0.2) is 24.4 Å². The van der Waals surface area contributed by atoms with E-state index in [0.29, 0.717) is 29.4 Å². The number of amides is 1. The standard InChI is InChI=1S/C19H21NO4/c1-4-23-18-8-6-5-7-17(18)20-19(22)14(3)24-16-11-9-15(10-12-16)13(2)21/h5-12,14H,4H2,1-3H3,(H,20,22). The van der Waals surface area contributed by atoms with E-state index < -0.39 is 6.10 Å². The molecule has 2 rings (SSSR count). The second kappa shape index (κ2) is 8.15. The molecule has 0 fully saturated rings. The van der Waals surface area contributed by atoms with Crippen LogP contribution in [-0.2, 0) is 4.79 Å². The second-order valence-corrected chi connectivity index (χ2v) is 5.26. The van der Waals surface area contributed by atoms with Gasteiger partial charge in [0.15, 0.2) is 11.9 Å². The van der Waals surface area contributed by atoms with Gasteiger partial charge in [0.2, 0.25) is 0 Å². The van der Waals surface area contributed by atoms with E-state index in [0.717, 1.165) is 0 Å². The van der Waals surface area contributed by atoms with Crippen LogP contribution in [0, 0.1) is 0 Å². The Morgan fingerprint density at radius 1 is 1.08 bits per heavy atom. The molecule has 1 atom stereocenters. The summed E-state index contributed by atoms with van der Waals surface area (Å²) in [4.78, 5) is 23.6. The summed E-state index contributed by atoms with van der Waals surface area (Å²) in [6.45, 7) is 5.57. The number of para-hydroxylation sites is 2. The number of carbonyl (C=O) groups excluding carboxylic acids is 2. The fraction of sp³-hybridized carbons (Fsp3) is 0.263. The number of nitrogens with one attached hydrogen (secondary N) is 1. The molecule has 0 bridgehead atoms. The number of anilines is 1. The monoisotopic (exact) mass is 327 g/mol. The highest BCUT2D eigenvalue weighted by molar-refractivity contribution is 5.95. The van der Waals surface area contributed by atoms with E-state index in [1.165, 1.54) is 6.92 Å². The van der Waals surface area contributed by atoms with Crippen molar-refractivity contribution in [1.29, 1.82) is 0 Å². The van der Waals surface area contributed by atoms with Crippen LogP contribution in [0.1, 0.15) is 31.1 Å². The van der Waals surface area contributed by atoms with Gasteiger partial charge in [-0.05, 0) is 57.2 Å². The summed E-state index contributed by atoms with van der Waals surface area (Å²) < 4.78 is 11.1. The predicted molar refractivity (Wildman–Crippen MR) is 92.8 cm³/mol. The fourth-order valence-electron chi connectivity index (χ4n) is 2.11. The summed E-state index contributed by atoms with van der Waals surface area (Å²) in [5.74, 6) is 0.852. The number of carbonyl (C=O) groups is 2. The Labute approximate surface area is 141 Å². The molecule has 0 saturated heterocycles. The van der Waals surface area contributed by atoms with Gasteiger partial charge in [0.05, 0.1) is 12.3 Å². The minimum absolute atomic E-state index is 0.0140. The molecule has 5 nitrogen and oxygen atoms in total. The average Bonchev–Trinajstić information content (AvgIpc) is 2.57. The van der Waals surface area contributed by atoms with Crippen LogP contribution in [0.3, 0.4) is 0 Å². The van der Waals surface area contributed by atoms with Gasteiger partial charge in [-0.1, -0.05) is 12.1 Å². The van der Waals surface area contributed by atoms with Crippen LogP contribution in [0.5, 0.6) is 11.5 Å². The van der Waals surface area contributed by atoms with Crippen LogP contribution in [0.4, 0.5) is 5.69 Å². The van der Waals surface area contributed by atoms with E-state index in [1.54, 1.807) is 43.3 Å². The predicted octanol–water partition coefficient (Wildman–Crippen LogP) is 3.69. The Balaban J connectivity index is 2.01. The third kappa shape index (κ3) is 4.59. The zero-order chi connectivity index (χ0) is 17.5. The Bertz CT molecular complexity index is 710. The molecule has 5 heteroatoms. The zero-order valence-corrected chi connectivity index (χ0v) is 14.0. The zero-order valence-electron chi connectivity index (χ0n) is 14.0. The SMILES string of the molecule is CCOc1ccccc1NC(=O)C(C)Oc1ccc(C(C)=O)cc1. The third-order valence-electron chi connectivity index (χ3n) is 3.39. The topological polar surface area (TPSA) is 64.6 Å². The largest absolute Gasteiger partial charge is 0.492 e. The number of hydrogen-bond acceptors (Lipinski definition) is 4. The summed E-state index contributed by atoms with van der Waals surface area (Å²) in [5, 5.41) is 2.80. The van der Waals surface area contributed by atoms with Gasteiger partial charge >= 0.3 is 0 Å². The summed E-state index contributed by atoms with van der Waals surface area (Å²) in [6, 6.07) is 13.9. The van der Waals surface area contributed by atoms with Gasteiger partial charge in [-0.15, -0.1) is 0 Å². The highest BCUT2D eigenvalue weighted by atomic mass is 16.5. The quantitative estimate of drug-likeness (QED) is 0.788. The second-order valence-electron chi connectivity index (χ2n) is 5.26. The lowest BCUT2D eigenvalue weighted by Crippen LogP contribution is -2.30. The first-order valence-electron chi connectivity index (χ1n) is 7.81. The molecule has 1 N–H and O–H groups in total. The molecular weight excluding hydrogens is 306 g/mol. The molecular formula is C19H21NO4. The molecule has 0 heterocycles. The fourth-order valence-corrected chi connectivity index (χ4v) is 2.11. The van der Waals surface area contributed by atoms with E-state index in [2.05, 4.69) is 5.32 Å². The van der Waals surface area contributed by atoms with Crippen molar-refractivity contribution >= 4 is 17.4 Å². The minimum Gasteiger partial charge on any atom is -0.492 e. The summed E-state index contributed by atoms with van der Waals surface area (Å²) in [6.07, 6.45) is -0.692. The van der Waals surface area contributed by atoms with Gasteiger partial charge in [-0.25, -0.2) is 0 Å². The molecule has 0 spiro atoms. The van der Waals surface area contributed by atoms with E-state index in [-0.39, 0.29) is 11.7 Å². The maximum Gasteiger partial charge on any atom is 0.265 e. The summed E-state index contributed by atoms with van der Waals surface area (Å²) in [7, 11) is 0. The van der Waals surface area contributed by atoms with Crippen LogP contribution < -0.4 is 14.8 Å². The van der Waals surface area contributed by atoms with Crippen molar-refractivity contribution in [3.05, 3.63) is 54.1 Å². The number of ketones is 1. The highest BCUT2D eigenvalue weighted by Gasteiger charge is 2.16. The van der Waals surface area contributed by atoms with E-state index in [9.17, 15) is 9.59 Å². The molecule has 0 saturated carbocycles. The van der Waals surface area contributed by atoms with Crippen molar-refractivity contribution in [3.8, 4) is 11.5 Å². The van der Waals surface area contributed by atoms with Crippen molar-refractivity contribution in [2.24, 2.45) is 0 Å². The lowest BCUT2D eigenvalue weighted by atomic mass is 10.1. The molecule has 0 aliphatic rings. The third-order valence-corrected chi connectivity index (χ3v) is 3.39. The van der Waals surface area contributed by atoms with Gasteiger partial charge in [-0.3, -0.25) is 9.59 Å². The molecule has 1 amide bonds. The first-order valence-corrected chi connectivity index (χ1v) is 7.81. The number of rotatable bonds is 7. The smallest absolute Gasteiger partial charge is 0.265 e. The van der Waals surface area contributed by atoms with Gasteiger partial charge in [0.25, 0.3) is 5.91 Å². The van der Waals surface area contributed by atoms with Crippen molar-refractivity contribution in [3.63, 3.8) is 0 Å². The Hall–Kier alpha value is -2.82. The molecule has 1 unspecified atom stereocenters. The molecule has 126 valence electrons. The molecule has 0 aliphatic heterocycles. The minimum atomic E-state index is -0.692. The lowest BCUT2D eigenvalue weighted by Gasteiger charge is -2.16. The van der Waals surface area contributed by atoms with Crippen LogP contribution >= 0.6 is 0 Å². The molecule has 24 heavy (non-hydrogen) atoms. The van der Waals surface area contributed by atoms with E-state index in [4.69, 9.17) is 9.47 Å². The Morgan fingerprint density at radius 3 is 2.38 bits per heavy atom. The van der Waals surface area contributed by atoms with E-state index in [1.807, 2.05) is 19.1 Å². The molecule has 2 aromatic rings. The van der Waals surface area contributed by atoms with E-state index >= 15 is 0 Å². The Morgan fingerprint density at radius 2 is 1.75 bits per heavy atom. The molecule has 2 aromatic carbocycles. The summed E-state index contributed by atoms with van der Waals surface area (Å²) >= 11 is 0. The normalized spacial score (nSPS) is 11.5. The number of hydrogen-bond donors (Lipinski definition) is 1. The lowest BCUT2D eigenvalue weighted by molar-refractivity contribution is -0.122. The maximum absolute atomic E-state index is 12.3. The van der Waals surface area contributed by atoms with Crippen molar-refractivity contribution in [2.75, 3.05) is 11.9 Å². The number of ether oxygens (including phenoxy) is 2. The number of benzene rings is 2. The van der Waals surface area contributed by atoms with Gasteiger partial charge < -0.3 is 14.8 Å². The van der Waals surface area contributed by atoms with Gasteiger partial charge in [0, 0.05) is 5.56 Å². The molecule has 0 radical (unpaired) electrons. The van der Waals surface area contributed by atoms with Crippen LogP contribution in [0.2, 0.25) is 0 Å².